The van der Waals surface area contributed by atoms with Crippen LogP contribution >= 0.6 is 0 Å². The lowest BCUT2D eigenvalue weighted by Crippen LogP contribution is -2.04. The fourth-order valence-corrected chi connectivity index (χ4v) is 1.60. The van der Waals surface area contributed by atoms with Crippen LogP contribution in [0.5, 0.6) is 0 Å². The Morgan fingerprint density at radius 2 is 2.17 bits per heavy atom. The monoisotopic (exact) mass is 167 g/mol. The number of carbonyl (C=O) groups excluding carboxylic acids is 1. The predicted molar refractivity (Wildman–Crippen MR) is 49.5 cm³/mol. The van der Waals surface area contributed by atoms with E-state index >= 15 is 0 Å². The minimum Gasteiger partial charge on any atom is -0.305 e. The highest BCUT2D eigenvalue weighted by Crippen LogP contribution is 2.29. The molecular weight excluding hydrogens is 150 g/mol. The number of carbonyl (C=O) groups is 1. The van der Waals surface area contributed by atoms with Crippen molar-refractivity contribution in [1.29, 1.82) is 0 Å². The van der Waals surface area contributed by atoms with Crippen LogP contribution in [-0.4, -0.2) is 16.8 Å². The first-order chi connectivity index (χ1) is 5.74. The number of hydrogen-bond donors (Lipinski definition) is 0. The lowest BCUT2D eigenvalue weighted by Gasteiger charge is -2.09. The third kappa shape index (κ3) is 1.68. The second-order valence-electron chi connectivity index (χ2n) is 3.36. The van der Waals surface area contributed by atoms with E-state index in [0.717, 1.165) is 6.42 Å². The molecule has 0 aromatic heterocycles. The Kier molecular flexibility index (Phi) is 2.90. The van der Waals surface area contributed by atoms with Crippen molar-refractivity contribution < 1.29 is 4.79 Å². The van der Waals surface area contributed by atoms with E-state index in [2.05, 4.69) is 20.4 Å². The van der Waals surface area contributed by atoms with Crippen LogP contribution in [0.3, 0.4) is 0 Å². The zero-order valence-electron chi connectivity index (χ0n) is 7.92. The maximum atomic E-state index is 11.1. The normalized spacial score (nSPS) is 21.8. The van der Waals surface area contributed by atoms with E-state index in [-0.39, 0.29) is 11.9 Å². The Bertz CT molecular complexity index is 184. The first-order valence-corrected chi connectivity index (χ1v) is 4.69. The maximum absolute atomic E-state index is 11.1. The average Bonchev–Trinajstić information content (AvgIpc) is 2.71. The van der Waals surface area contributed by atoms with Crippen molar-refractivity contribution in [2.24, 2.45) is 5.92 Å². The molecule has 1 aliphatic heterocycles. The number of nitrogens with zero attached hydrogens (tertiary/aromatic N) is 1. The van der Waals surface area contributed by atoms with Gasteiger partial charge in [-0.15, -0.1) is 0 Å². The molecule has 1 saturated heterocycles. The topological polar surface area (TPSA) is 20.1 Å². The van der Waals surface area contributed by atoms with Gasteiger partial charge in [0.25, 0.3) is 0 Å². The Labute approximate surface area is 74.2 Å². The molecule has 0 N–H and O–H groups in total. The molecule has 68 valence electrons. The molecule has 2 heteroatoms. The first-order valence-electron chi connectivity index (χ1n) is 4.69. The Hall–Kier alpha value is -0.790. The summed E-state index contributed by atoms with van der Waals surface area (Å²) in [5.41, 5.74) is 0. The van der Waals surface area contributed by atoms with Crippen molar-refractivity contribution in [3.8, 4) is 0 Å². The molecule has 0 saturated carbocycles. The molecule has 2 nitrogen and oxygen atoms in total. The zero-order chi connectivity index (χ0) is 9.14. The predicted octanol–water partition coefficient (Wildman–Crippen LogP) is 2.17. The molecule has 1 fully saturated rings. The van der Waals surface area contributed by atoms with E-state index in [1.807, 2.05) is 0 Å². The summed E-state index contributed by atoms with van der Waals surface area (Å²) in [6, 6.07) is 0.160. The van der Waals surface area contributed by atoms with Crippen LogP contribution in [0.25, 0.3) is 0 Å². The first kappa shape index (κ1) is 9.30. The fourth-order valence-electron chi connectivity index (χ4n) is 1.60. The molecule has 0 spiro atoms. The van der Waals surface area contributed by atoms with Gasteiger partial charge in [-0.2, -0.15) is 0 Å². The third-order valence-corrected chi connectivity index (χ3v) is 2.72. The van der Waals surface area contributed by atoms with Gasteiger partial charge in [-0.05, 0) is 12.3 Å². The van der Waals surface area contributed by atoms with Crippen molar-refractivity contribution in [3.63, 3.8) is 0 Å². The smallest absolute Gasteiger partial charge is 0.250 e. The van der Waals surface area contributed by atoms with E-state index in [1.54, 1.807) is 11.1 Å². The third-order valence-electron chi connectivity index (χ3n) is 2.72. The summed E-state index contributed by atoms with van der Waals surface area (Å²) in [5.74, 6) is 0.945. The molecule has 1 unspecified atom stereocenters. The standard InChI is InChI=1S/C10H17NO/c1-4-8(5-2)7-9-10(12)11(9)6-3/h6,8-9H,3-5,7H2,1-2H3. The highest BCUT2D eigenvalue weighted by atomic mass is 16.2. The summed E-state index contributed by atoms with van der Waals surface area (Å²) >= 11 is 0. The van der Waals surface area contributed by atoms with Crippen LogP contribution in [0.1, 0.15) is 33.1 Å². The molecule has 1 atom stereocenters. The van der Waals surface area contributed by atoms with Crippen molar-refractivity contribution >= 4 is 5.91 Å². The van der Waals surface area contributed by atoms with Crippen LogP contribution in [0.15, 0.2) is 12.8 Å². The van der Waals surface area contributed by atoms with Crippen LogP contribution in [0, 0.1) is 5.92 Å². The van der Waals surface area contributed by atoms with Crippen molar-refractivity contribution in [3.05, 3.63) is 12.8 Å². The van der Waals surface area contributed by atoms with Gasteiger partial charge in [0.1, 0.15) is 6.04 Å². The average molecular weight is 167 g/mol. The minimum atomic E-state index is 0.160. The van der Waals surface area contributed by atoms with Gasteiger partial charge in [-0.25, -0.2) is 0 Å². The van der Waals surface area contributed by atoms with Gasteiger partial charge < -0.3 is 4.90 Å². The summed E-state index contributed by atoms with van der Waals surface area (Å²) in [7, 11) is 0. The van der Waals surface area contributed by atoms with Crippen LogP contribution < -0.4 is 0 Å². The molecule has 0 bridgehead atoms. The number of amides is 1. The molecular formula is C10H17NO. The molecule has 1 aliphatic rings. The van der Waals surface area contributed by atoms with Crippen molar-refractivity contribution in [1.82, 2.24) is 4.90 Å². The summed E-state index contributed by atoms with van der Waals surface area (Å²) in [6.45, 7) is 7.95. The number of rotatable bonds is 5. The molecule has 0 aliphatic carbocycles. The fraction of sp³-hybridized carbons (Fsp3) is 0.700. The molecule has 0 radical (unpaired) electrons. The summed E-state index contributed by atoms with van der Waals surface area (Å²) < 4.78 is 0. The summed E-state index contributed by atoms with van der Waals surface area (Å²) in [4.78, 5) is 12.8. The summed E-state index contributed by atoms with van der Waals surface area (Å²) in [5, 5.41) is 0. The lowest BCUT2D eigenvalue weighted by atomic mass is 9.97. The second kappa shape index (κ2) is 3.74. The van der Waals surface area contributed by atoms with Gasteiger partial charge in [-0.3, -0.25) is 4.79 Å². The van der Waals surface area contributed by atoms with Crippen molar-refractivity contribution in [2.75, 3.05) is 0 Å². The van der Waals surface area contributed by atoms with Crippen LogP contribution in [0.4, 0.5) is 0 Å². The van der Waals surface area contributed by atoms with E-state index in [4.69, 9.17) is 0 Å². The molecule has 1 heterocycles. The van der Waals surface area contributed by atoms with Gasteiger partial charge in [0.15, 0.2) is 0 Å². The Balaban J connectivity index is 2.33. The highest BCUT2D eigenvalue weighted by molar-refractivity contribution is 5.97. The highest BCUT2D eigenvalue weighted by Gasteiger charge is 2.44. The maximum Gasteiger partial charge on any atom is 0.250 e. The van der Waals surface area contributed by atoms with Crippen molar-refractivity contribution in [2.45, 2.75) is 39.2 Å². The number of hydrogen-bond acceptors (Lipinski definition) is 1. The second-order valence-corrected chi connectivity index (χ2v) is 3.36. The lowest BCUT2D eigenvalue weighted by molar-refractivity contribution is -0.113. The quantitative estimate of drug-likeness (QED) is 0.574. The van der Waals surface area contributed by atoms with E-state index < -0.39 is 0 Å². The molecule has 1 amide bonds. The Morgan fingerprint density at radius 3 is 2.50 bits per heavy atom. The zero-order valence-corrected chi connectivity index (χ0v) is 7.92. The van der Waals surface area contributed by atoms with Crippen LogP contribution in [0.2, 0.25) is 0 Å². The Morgan fingerprint density at radius 1 is 1.58 bits per heavy atom. The molecule has 1 rings (SSSR count). The largest absolute Gasteiger partial charge is 0.305 e. The van der Waals surface area contributed by atoms with E-state index in [1.165, 1.54) is 12.8 Å². The van der Waals surface area contributed by atoms with Gasteiger partial charge in [0.2, 0.25) is 5.91 Å². The molecule has 0 aromatic carbocycles. The van der Waals surface area contributed by atoms with Gasteiger partial charge in [-0.1, -0.05) is 33.3 Å². The molecule has 0 aromatic rings. The van der Waals surface area contributed by atoms with E-state index in [0.29, 0.717) is 5.92 Å². The summed E-state index contributed by atoms with van der Waals surface area (Å²) in [6.07, 6.45) is 4.99. The van der Waals surface area contributed by atoms with Crippen LogP contribution in [-0.2, 0) is 4.79 Å². The van der Waals surface area contributed by atoms with Gasteiger partial charge >= 0.3 is 0 Å². The minimum absolute atomic E-state index is 0.160. The van der Waals surface area contributed by atoms with E-state index in [9.17, 15) is 4.79 Å². The van der Waals surface area contributed by atoms with Gasteiger partial charge in [0.05, 0.1) is 0 Å². The molecule has 12 heavy (non-hydrogen) atoms. The SMILES string of the molecule is C=CN1C(=O)C1CC(CC)CC. The van der Waals surface area contributed by atoms with Gasteiger partial charge in [0, 0.05) is 6.20 Å².